The van der Waals surface area contributed by atoms with Crippen molar-refractivity contribution in [1.82, 2.24) is 9.47 Å². The molecule has 7 rings (SSSR count). The lowest BCUT2D eigenvalue weighted by Gasteiger charge is -2.37. The number of hydrogen-bond donors (Lipinski definition) is 1. The summed E-state index contributed by atoms with van der Waals surface area (Å²) in [5.41, 5.74) is 14.3. The van der Waals surface area contributed by atoms with Crippen LogP contribution in [0.3, 0.4) is 0 Å². The normalized spacial score (nSPS) is 19.1. The van der Waals surface area contributed by atoms with Crippen LogP contribution in [0.25, 0.3) is 17.3 Å². The van der Waals surface area contributed by atoms with Crippen LogP contribution in [0.5, 0.6) is 0 Å². The predicted molar refractivity (Wildman–Crippen MR) is 252 cm³/mol. The number of anilines is 2. The van der Waals surface area contributed by atoms with E-state index in [4.69, 9.17) is 0 Å². The van der Waals surface area contributed by atoms with Gasteiger partial charge in [0, 0.05) is 60.4 Å². The van der Waals surface area contributed by atoms with E-state index in [1.165, 1.54) is 45.0 Å². The Balaban J connectivity index is 1.42. The lowest BCUT2D eigenvalue weighted by Crippen LogP contribution is -2.30. The van der Waals surface area contributed by atoms with Gasteiger partial charge in [-0.05, 0) is 115 Å². The second kappa shape index (κ2) is 18.0. The Morgan fingerprint density at radius 1 is 0.833 bits per heavy atom. The predicted octanol–water partition coefficient (Wildman–Crippen LogP) is 13.3. The number of benzene rings is 3. The molecule has 0 aliphatic heterocycles. The Labute approximate surface area is 360 Å². The molecule has 3 unspecified atom stereocenters. The van der Waals surface area contributed by atoms with Crippen molar-refractivity contribution in [3.63, 3.8) is 0 Å². The van der Waals surface area contributed by atoms with Gasteiger partial charge in [-0.15, -0.1) is 0 Å². The van der Waals surface area contributed by atoms with Gasteiger partial charge in [0.25, 0.3) is 10.1 Å². The van der Waals surface area contributed by atoms with Crippen LogP contribution in [-0.2, 0) is 23.6 Å². The molecule has 60 heavy (non-hydrogen) atoms. The summed E-state index contributed by atoms with van der Waals surface area (Å²) in [6.07, 6.45) is 20.5. The molecular formula is C53H65N3O3S. The first kappa shape index (κ1) is 43.2. The van der Waals surface area contributed by atoms with Gasteiger partial charge < -0.3 is 14.4 Å². The van der Waals surface area contributed by atoms with Crippen molar-refractivity contribution < 1.29 is 13.0 Å². The van der Waals surface area contributed by atoms with Crippen molar-refractivity contribution in [2.45, 2.75) is 99.3 Å². The van der Waals surface area contributed by atoms with Crippen LogP contribution in [0, 0.1) is 24.2 Å². The summed E-state index contributed by atoms with van der Waals surface area (Å²) in [6.45, 7) is 17.5. The molecule has 0 fully saturated rings. The van der Waals surface area contributed by atoms with Crippen LogP contribution in [0.15, 0.2) is 131 Å². The molecule has 316 valence electrons. The molecule has 3 aromatic carbocycles. The molecular weight excluding hydrogens is 759 g/mol. The molecule has 6 nitrogen and oxygen atoms in total. The highest BCUT2D eigenvalue weighted by Crippen LogP contribution is 2.49. The minimum Gasteiger partial charge on any atom is -0.345 e. The van der Waals surface area contributed by atoms with Crippen molar-refractivity contribution in [2.24, 2.45) is 24.3 Å². The zero-order valence-electron chi connectivity index (χ0n) is 37.1. The molecule has 0 radical (unpaired) electrons. The van der Waals surface area contributed by atoms with Crippen LogP contribution >= 0.6 is 0 Å². The average Bonchev–Trinajstić information content (AvgIpc) is 3.49. The summed E-state index contributed by atoms with van der Waals surface area (Å²) >= 11 is 0. The number of nitrogens with zero attached hydrogens (tertiary/aromatic N) is 3. The first-order valence-electron chi connectivity index (χ1n) is 22.2. The van der Waals surface area contributed by atoms with E-state index in [1.54, 1.807) is 6.08 Å². The first-order valence-corrected chi connectivity index (χ1v) is 23.6. The molecule has 7 heteroatoms. The lowest BCUT2D eigenvalue weighted by molar-refractivity contribution is 0.359. The average molecular weight is 824 g/mol. The van der Waals surface area contributed by atoms with E-state index in [9.17, 15) is 13.0 Å². The lowest BCUT2D eigenvalue weighted by atomic mass is 9.75. The van der Waals surface area contributed by atoms with Crippen LogP contribution < -0.4 is 4.90 Å². The van der Waals surface area contributed by atoms with Gasteiger partial charge in [0.05, 0.1) is 10.6 Å². The van der Waals surface area contributed by atoms with Gasteiger partial charge in [0.2, 0.25) is 0 Å². The number of allylic oxidation sites excluding steroid dienone is 8. The first-order chi connectivity index (χ1) is 28.7. The minimum absolute atomic E-state index is 0.0747. The molecule has 1 N–H and O–H groups in total. The highest BCUT2D eigenvalue weighted by Gasteiger charge is 2.37. The molecule has 0 amide bonds. The molecule has 3 atom stereocenters. The van der Waals surface area contributed by atoms with Gasteiger partial charge in [-0.25, -0.2) is 0 Å². The van der Waals surface area contributed by atoms with Crippen molar-refractivity contribution in [1.29, 1.82) is 0 Å². The molecule has 1 aromatic heterocycles. The molecule has 1 heterocycles. The Morgan fingerprint density at radius 3 is 2.05 bits per heavy atom. The molecule has 0 saturated heterocycles. The van der Waals surface area contributed by atoms with E-state index in [0.717, 1.165) is 74.1 Å². The van der Waals surface area contributed by atoms with Crippen LogP contribution in [0.1, 0.15) is 114 Å². The molecule has 3 aliphatic rings. The minimum atomic E-state index is -4.38. The maximum absolute atomic E-state index is 12.7. The van der Waals surface area contributed by atoms with Crippen LogP contribution in [0.2, 0.25) is 0 Å². The Bertz CT molecular complexity index is 2430. The van der Waals surface area contributed by atoms with Gasteiger partial charge in [0.1, 0.15) is 0 Å². The standard InChI is InChI=1S/C53H65N3O3S/c1-9-11-32-55(43-23-18-37(3)19-24-43)44-25-20-40(21-26-44)50(42-22-27-47(38(4)34-42)56(33-12-10-2)45-28-30-53(6,7)31-29-45)51-46-35-39(5)49(60(57,58)59)36-48(46)54(8)52(51)41-16-14-13-15-17-41/h13-30,36,38-39,50H,9-12,31-35H2,1-8H3,(H,57,58,59). The Hall–Kier alpha value is -4.85. The summed E-state index contributed by atoms with van der Waals surface area (Å²) in [7, 11) is -2.33. The number of aryl methyl sites for hydroxylation is 1. The number of hydrogen-bond acceptors (Lipinski definition) is 4. The van der Waals surface area contributed by atoms with E-state index < -0.39 is 10.1 Å². The van der Waals surface area contributed by atoms with E-state index in [0.29, 0.717) is 6.42 Å². The molecule has 4 aromatic rings. The summed E-state index contributed by atoms with van der Waals surface area (Å²) in [5, 5.41) is 0. The van der Waals surface area contributed by atoms with E-state index >= 15 is 0 Å². The quantitative estimate of drug-likeness (QED) is 0.121. The zero-order chi connectivity index (χ0) is 42.8. The summed E-state index contributed by atoms with van der Waals surface area (Å²) in [5.74, 6) is -0.204. The highest BCUT2D eigenvalue weighted by molar-refractivity contribution is 7.90. The number of aromatic nitrogens is 1. The molecule has 0 bridgehead atoms. The SMILES string of the molecule is CCCCN(C1=CCC(C)(C)C=C1)C1=CC=C(C(c2ccc(N(CCCC)c3ccc(C)cc3)cc2)c2c3c(n(C)c2-c2ccccc2)C=C(S(=O)(=O)O)C(C)C3)CC1C. The van der Waals surface area contributed by atoms with Crippen molar-refractivity contribution in [3.8, 4) is 11.3 Å². The van der Waals surface area contributed by atoms with Crippen LogP contribution in [-0.4, -0.2) is 35.5 Å². The second-order valence-electron chi connectivity index (χ2n) is 18.1. The fourth-order valence-electron chi connectivity index (χ4n) is 9.50. The Morgan fingerprint density at radius 2 is 1.47 bits per heavy atom. The smallest absolute Gasteiger partial charge is 0.290 e. The highest BCUT2D eigenvalue weighted by atomic mass is 32.2. The van der Waals surface area contributed by atoms with Gasteiger partial charge in [-0.2, -0.15) is 8.42 Å². The summed E-state index contributed by atoms with van der Waals surface area (Å²) in [4.78, 5) is 5.07. The van der Waals surface area contributed by atoms with E-state index in [-0.39, 0.29) is 28.1 Å². The van der Waals surface area contributed by atoms with Gasteiger partial charge in [0.15, 0.2) is 0 Å². The summed E-state index contributed by atoms with van der Waals surface area (Å²) in [6, 6.07) is 28.6. The number of fused-ring (bicyclic) bond motifs is 1. The van der Waals surface area contributed by atoms with Crippen molar-refractivity contribution >= 4 is 27.6 Å². The van der Waals surface area contributed by atoms with Crippen LogP contribution in [0.4, 0.5) is 11.4 Å². The van der Waals surface area contributed by atoms with Gasteiger partial charge in [-0.3, -0.25) is 4.55 Å². The third-order valence-electron chi connectivity index (χ3n) is 12.9. The Kier molecular flexibility index (Phi) is 13.0. The maximum atomic E-state index is 12.7. The maximum Gasteiger partial charge on any atom is 0.290 e. The van der Waals surface area contributed by atoms with Gasteiger partial charge >= 0.3 is 0 Å². The third kappa shape index (κ3) is 9.08. The number of unbranched alkanes of at least 4 members (excludes halogenated alkanes) is 2. The van der Waals surface area contributed by atoms with Gasteiger partial charge in [-0.1, -0.05) is 138 Å². The molecule has 0 saturated carbocycles. The molecule has 3 aliphatic carbocycles. The fourth-order valence-corrected chi connectivity index (χ4v) is 10.4. The van der Waals surface area contributed by atoms with E-state index in [1.807, 2.05) is 20.0 Å². The second-order valence-corrected chi connectivity index (χ2v) is 19.6. The largest absolute Gasteiger partial charge is 0.345 e. The fraction of sp³-hybridized carbons (Fsp3) is 0.396. The van der Waals surface area contributed by atoms with Crippen molar-refractivity contribution in [2.75, 3.05) is 18.0 Å². The monoisotopic (exact) mass is 823 g/mol. The topological polar surface area (TPSA) is 65.8 Å². The molecule has 0 spiro atoms. The third-order valence-corrected chi connectivity index (χ3v) is 14.0. The van der Waals surface area contributed by atoms with Crippen molar-refractivity contribution in [3.05, 3.63) is 159 Å². The zero-order valence-corrected chi connectivity index (χ0v) is 37.9. The summed E-state index contributed by atoms with van der Waals surface area (Å²) < 4.78 is 38.0. The number of rotatable bonds is 15. The van der Waals surface area contributed by atoms with E-state index in [2.05, 4.69) is 159 Å².